The van der Waals surface area contributed by atoms with Gasteiger partial charge in [-0.3, -0.25) is 5.10 Å². The highest BCUT2D eigenvalue weighted by Gasteiger charge is 2.31. The maximum atomic E-state index is 12.5. The number of thioether (sulfide) groups is 1. The number of aromatic amines is 1. The molecular weight excluding hydrogens is 302 g/mol. The number of nitrogens with zero attached hydrogens (tertiary/aromatic N) is 2. The topological polar surface area (TPSA) is 92.4 Å². The Balaban J connectivity index is 3.11. The van der Waals surface area contributed by atoms with Crippen molar-refractivity contribution in [2.75, 3.05) is 25.7 Å². The van der Waals surface area contributed by atoms with Gasteiger partial charge in [0.2, 0.25) is 0 Å². The Morgan fingerprint density at radius 2 is 2.25 bits per heavy atom. The van der Waals surface area contributed by atoms with Gasteiger partial charge in [-0.15, -0.1) is 0 Å². The second-order valence-electron chi connectivity index (χ2n) is 4.16. The van der Waals surface area contributed by atoms with Gasteiger partial charge in [0, 0.05) is 18.8 Å². The summed E-state index contributed by atoms with van der Waals surface area (Å²) in [7, 11) is -2.33. The number of hydrogen-bond donors (Lipinski definition) is 1. The molecule has 114 valence electrons. The van der Waals surface area contributed by atoms with Crippen LogP contribution in [-0.4, -0.2) is 60.6 Å². The van der Waals surface area contributed by atoms with Crippen LogP contribution >= 0.6 is 11.8 Å². The zero-order valence-electron chi connectivity index (χ0n) is 11.9. The molecule has 1 heterocycles. The normalized spacial score (nSPS) is 13.4. The Hall–Kier alpha value is -1.06. The Bertz CT molecular complexity index is 556. The lowest BCUT2D eigenvalue weighted by Gasteiger charge is -2.23. The van der Waals surface area contributed by atoms with Crippen molar-refractivity contribution < 1.29 is 17.9 Å². The van der Waals surface area contributed by atoms with Crippen LogP contribution in [-0.2, 0) is 14.8 Å². The number of ether oxygens (including phenoxy) is 1. The summed E-state index contributed by atoms with van der Waals surface area (Å²) in [5, 5.41) is 5.79. The maximum Gasteiger partial charge on any atom is 0.342 e. The lowest BCUT2D eigenvalue weighted by Crippen LogP contribution is -2.37. The van der Waals surface area contributed by atoms with Crippen LogP contribution in [0.15, 0.2) is 11.2 Å². The zero-order valence-corrected chi connectivity index (χ0v) is 13.5. The van der Waals surface area contributed by atoms with E-state index in [0.29, 0.717) is 5.75 Å². The summed E-state index contributed by atoms with van der Waals surface area (Å²) in [5.74, 6) is -0.0516. The first kappa shape index (κ1) is 17.0. The number of carbonyl (C=O) groups excluding carboxylic acids is 1. The molecule has 0 aliphatic carbocycles. The molecule has 1 unspecified atom stereocenters. The minimum absolute atomic E-state index is 0.0740. The van der Waals surface area contributed by atoms with E-state index in [1.54, 1.807) is 25.6 Å². The number of aromatic nitrogens is 2. The zero-order chi connectivity index (χ0) is 15.3. The van der Waals surface area contributed by atoms with Crippen molar-refractivity contribution in [3.63, 3.8) is 0 Å². The minimum atomic E-state index is -3.81. The first-order valence-electron chi connectivity index (χ1n) is 6.03. The number of nitrogens with one attached hydrogen (secondary N) is 1. The summed E-state index contributed by atoms with van der Waals surface area (Å²) >= 11 is 1.55. The van der Waals surface area contributed by atoms with Crippen molar-refractivity contribution in [3.05, 3.63) is 11.8 Å². The van der Waals surface area contributed by atoms with E-state index in [1.807, 2.05) is 6.26 Å². The highest BCUT2D eigenvalue weighted by molar-refractivity contribution is 7.98. The molecule has 0 saturated carbocycles. The van der Waals surface area contributed by atoms with E-state index >= 15 is 0 Å². The van der Waals surface area contributed by atoms with Gasteiger partial charge in [-0.05, 0) is 20.1 Å². The number of H-pyrrole nitrogens is 1. The Morgan fingerprint density at radius 1 is 1.60 bits per heavy atom. The molecule has 0 fully saturated rings. The van der Waals surface area contributed by atoms with Crippen molar-refractivity contribution in [2.45, 2.75) is 24.9 Å². The molecule has 0 saturated heterocycles. The summed E-state index contributed by atoms with van der Waals surface area (Å²) in [4.78, 5) is 11.7. The molecule has 9 heteroatoms. The smallest absolute Gasteiger partial charge is 0.342 e. The Morgan fingerprint density at radius 3 is 2.80 bits per heavy atom. The van der Waals surface area contributed by atoms with Crippen LogP contribution in [0.25, 0.3) is 0 Å². The molecule has 1 aromatic heterocycles. The van der Waals surface area contributed by atoms with Crippen molar-refractivity contribution in [2.24, 2.45) is 0 Å². The molecule has 1 aromatic rings. The van der Waals surface area contributed by atoms with Gasteiger partial charge >= 0.3 is 5.97 Å². The van der Waals surface area contributed by atoms with E-state index in [2.05, 4.69) is 10.2 Å². The molecular formula is C11H19N3O4S2. The van der Waals surface area contributed by atoms with E-state index in [-0.39, 0.29) is 23.2 Å². The van der Waals surface area contributed by atoms with E-state index in [4.69, 9.17) is 4.74 Å². The lowest BCUT2D eigenvalue weighted by molar-refractivity contribution is 0.0521. The Kier molecular flexibility index (Phi) is 6.03. The molecule has 1 atom stereocenters. The van der Waals surface area contributed by atoms with Gasteiger partial charge in [0.1, 0.15) is 5.56 Å². The molecule has 1 rings (SSSR count). The highest BCUT2D eigenvalue weighted by atomic mass is 32.2. The van der Waals surface area contributed by atoms with Gasteiger partial charge in [-0.1, -0.05) is 0 Å². The van der Waals surface area contributed by atoms with Crippen molar-refractivity contribution >= 4 is 27.8 Å². The fraction of sp³-hybridized carbons (Fsp3) is 0.636. The number of carbonyl (C=O) groups is 1. The quantitative estimate of drug-likeness (QED) is 0.752. The van der Waals surface area contributed by atoms with Gasteiger partial charge in [-0.25, -0.2) is 13.2 Å². The lowest BCUT2D eigenvalue weighted by atomic mass is 10.4. The third-order valence-corrected chi connectivity index (χ3v) is 5.53. The minimum Gasteiger partial charge on any atom is -0.462 e. The van der Waals surface area contributed by atoms with Crippen LogP contribution in [0.5, 0.6) is 0 Å². The van der Waals surface area contributed by atoms with Crippen LogP contribution in [0.2, 0.25) is 0 Å². The standard InChI is InChI=1S/C11H19N3O4S2/c1-5-18-11(15)9-6-12-13-10(9)20(16,17)14(3)8(2)7-19-4/h6,8H,5,7H2,1-4H3,(H,12,13). The fourth-order valence-electron chi connectivity index (χ4n) is 1.55. The number of rotatable bonds is 7. The number of esters is 1. The van der Waals surface area contributed by atoms with Crippen molar-refractivity contribution in [3.8, 4) is 0 Å². The molecule has 0 aliphatic rings. The fourth-order valence-corrected chi connectivity index (χ4v) is 3.77. The second-order valence-corrected chi connectivity index (χ2v) is 7.00. The van der Waals surface area contributed by atoms with Crippen molar-refractivity contribution in [1.29, 1.82) is 0 Å². The largest absolute Gasteiger partial charge is 0.462 e. The van der Waals surface area contributed by atoms with Gasteiger partial charge in [0.15, 0.2) is 5.03 Å². The third-order valence-electron chi connectivity index (χ3n) is 2.77. The molecule has 7 nitrogen and oxygen atoms in total. The molecule has 1 N–H and O–H groups in total. The molecule has 0 spiro atoms. The summed E-state index contributed by atoms with van der Waals surface area (Å²) in [5.41, 5.74) is -0.0740. The SMILES string of the molecule is CCOC(=O)c1cn[nH]c1S(=O)(=O)N(C)C(C)CSC. The van der Waals surface area contributed by atoms with Crippen LogP contribution in [0.3, 0.4) is 0 Å². The van der Waals surface area contributed by atoms with Crippen LogP contribution in [0, 0.1) is 0 Å². The summed E-state index contributed by atoms with van der Waals surface area (Å²) in [6.45, 7) is 3.62. The summed E-state index contributed by atoms with van der Waals surface area (Å²) < 4.78 is 31.0. The van der Waals surface area contributed by atoms with Crippen LogP contribution in [0.4, 0.5) is 0 Å². The van der Waals surface area contributed by atoms with E-state index in [9.17, 15) is 13.2 Å². The van der Waals surface area contributed by atoms with Crippen LogP contribution < -0.4 is 0 Å². The van der Waals surface area contributed by atoms with Gasteiger partial charge in [0.25, 0.3) is 10.0 Å². The van der Waals surface area contributed by atoms with Crippen molar-refractivity contribution in [1.82, 2.24) is 14.5 Å². The summed E-state index contributed by atoms with van der Waals surface area (Å²) in [6.07, 6.45) is 3.06. The van der Waals surface area contributed by atoms with E-state index < -0.39 is 16.0 Å². The Labute approximate surface area is 123 Å². The summed E-state index contributed by atoms with van der Waals surface area (Å²) in [6, 6.07) is -0.201. The van der Waals surface area contributed by atoms with E-state index in [0.717, 1.165) is 6.20 Å². The molecule has 0 bridgehead atoms. The molecule has 0 aliphatic heterocycles. The first-order valence-corrected chi connectivity index (χ1v) is 8.87. The predicted molar refractivity (Wildman–Crippen MR) is 77.3 cm³/mol. The van der Waals surface area contributed by atoms with Gasteiger partial charge in [0.05, 0.1) is 12.8 Å². The molecule has 20 heavy (non-hydrogen) atoms. The number of hydrogen-bond acceptors (Lipinski definition) is 6. The first-order chi connectivity index (χ1) is 9.36. The predicted octanol–water partition coefficient (Wildman–Crippen LogP) is 0.958. The highest BCUT2D eigenvalue weighted by Crippen LogP contribution is 2.20. The average molecular weight is 321 g/mol. The van der Waals surface area contributed by atoms with Crippen LogP contribution in [0.1, 0.15) is 24.2 Å². The van der Waals surface area contributed by atoms with Gasteiger partial charge in [-0.2, -0.15) is 21.2 Å². The average Bonchev–Trinajstić information content (AvgIpc) is 2.88. The maximum absolute atomic E-state index is 12.5. The molecule has 0 amide bonds. The number of sulfonamides is 1. The van der Waals surface area contributed by atoms with Gasteiger partial charge < -0.3 is 4.74 Å². The van der Waals surface area contributed by atoms with E-state index in [1.165, 1.54) is 11.4 Å². The third kappa shape index (κ3) is 3.53. The monoisotopic (exact) mass is 321 g/mol. The second kappa shape index (κ2) is 7.09. The molecule has 0 aromatic carbocycles. The molecule has 0 radical (unpaired) electrons.